The maximum Gasteiger partial charge on any atom is 0.433 e. The number of rotatable bonds is 4. The van der Waals surface area contributed by atoms with Crippen LogP contribution in [0, 0.1) is 6.92 Å². The zero-order valence-electron chi connectivity index (χ0n) is 16.0. The summed E-state index contributed by atoms with van der Waals surface area (Å²) in [6.45, 7) is 1.58. The van der Waals surface area contributed by atoms with Gasteiger partial charge in [-0.05, 0) is 48.9 Å². The third-order valence-electron chi connectivity index (χ3n) is 4.10. The molecule has 32 heavy (non-hydrogen) atoms. The van der Waals surface area contributed by atoms with E-state index >= 15 is 0 Å². The Bertz CT molecular complexity index is 1110. The van der Waals surface area contributed by atoms with E-state index in [1.54, 1.807) is 6.92 Å². The van der Waals surface area contributed by atoms with Crippen LogP contribution in [0.2, 0.25) is 0 Å². The van der Waals surface area contributed by atoms with Gasteiger partial charge < -0.3 is 15.2 Å². The molecule has 2 N–H and O–H groups in total. The fourth-order valence-electron chi connectivity index (χ4n) is 2.50. The SMILES string of the molecule is Cc1ccnc(C(=O)Nc2ccc(Oc3cc(C(F)(F)F)cc(C(F)(F)F)n3)cc2)c1O. The number of alkyl halides is 6. The van der Waals surface area contributed by atoms with Gasteiger partial charge in [0.05, 0.1) is 5.56 Å². The van der Waals surface area contributed by atoms with Gasteiger partial charge in [-0.2, -0.15) is 26.3 Å². The molecule has 0 unspecified atom stereocenters. The van der Waals surface area contributed by atoms with Gasteiger partial charge in [-0.1, -0.05) is 0 Å². The molecule has 12 heteroatoms. The molecule has 168 valence electrons. The minimum atomic E-state index is -5.11. The first-order valence-corrected chi connectivity index (χ1v) is 8.75. The molecule has 0 aliphatic heterocycles. The Labute approximate surface area is 176 Å². The Morgan fingerprint density at radius 3 is 2.25 bits per heavy atom. The van der Waals surface area contributed by atoms with Crippen molar-refractivity contribution in [2.45, 2.75) is 19.3 Å². The molecule has 1 amide bonds. The van der Waals surface area contributed by atoms with Gasteiger partial charge in [-0.25, -0.2) is 9.97 Å². The van der Waals surface area contributed by atoms with E-state index in [9.17, 15) is 36.2 Å². The van der Waals surface area contributed by atoms with Gasteiger partial charge in [0.25, 0.3) is 5.91 Å². The smallest absolute Gasteiger partial charge is 0.433 e. The molecule has 0 saturated heterocycles. The summed E-state index contributed by atoms with van der Waals surface area (Å²) in [6, 6.07) is 6.72. The molecule has 6 nitrogen and oxygen atoms in total. The number of pyridine rings is 2. The third kappa shape index (κ3) is 5.25. The number of amides is 1. The van der Waals surface area contributed by atoms with E-state index in [-0.39, 0.29) is 28.9 Å². The van der Waals surface area contributed by atoms with Crippen LogP contribution in [0.5, 0.6) is 17.4 Å². The highest BCUT2D eigenvalue weighted by Gasteiger charge is 2.38. The van der Waals surface area contributed by atoms with Crippen LogP contribution < -0.4 is 10.1 Å². The fraction of sp³-hybridized carbons (Fsp3) is 0.150. The summed E-state index contributed by atoms with van der Waals surface area (Å²) in [6.07, 6.45) is -8.81. The molecule has 3 aromatic rings. The molecular formula is C20H13F6N3O3. The minimum Gasteiger partial charge on any atom is -0.505 e. The van der Waals surface area contributed by atoms with E-state index < -0.39 is 35.4 Å². The molecule has 2 aromatic heterocycles. The topological polar surface area (TPSA) is 84.3 Å². The van der Waals surface area contributed by atoms with Crippen molar-refractivity contribution >= 4 is 11.6 Å². The van der Waals surface area contributed by atoms with Crippen LogP contribution in [-0.2, 0) is 12.4 Å². The Morgan fingerprint density at radius 2 is 1.66 bits per heavy atom. The Morgan fingerprint density at radius 1 is 1.00 bits per heavy atom. The van der Waals surface area contributed by atoms with E-state index in [2.05, 4.69) is 15.3 Å². The van der Waals surface area contributed by atoms with E-state index in [0.29, 0.717) is 11.6 Å². The van der Waals surface area contributed by atoms with Gasteiger partial charge in [-0.15, -0.1) is 0 Å². The Hall–Kier alpha value is -3.83. The van der Waals surface area contributed by atoms with Crippen LogP contribution in [0.15, 0.2) is 48.7 Å². The normalized spacial score (nSPS) is 11.8. The summed E-state index contributed by atoms with van der Waals surface area (Å²) < 4.78 is 82.5. The number of halogens is 6. The van der Waals surface area contributed by atoms with Crippen LogP contribution in [0.1, 0.15) is 27.3 Å². The zero-order chi connectivity index (χ0) is 23.7. The standard InChI is InChI=1S/C20H13F6N3O3/c1-10-6-7-27-16(17(10)30)18(31)28-12-2-4-13(5-3-12)32-15-9-11(19(21,22)23)8-14(29-15)20(24,25)26/h2-9,30H,1H3,(H,28,31). The predicted octanol–water partition coefficient (Wildman–Crippen LogP) is 5.57. The molecule has 1 aromatic carbocycles. The van der Waals surface area contributed by atoms with E-state index in [1.807, 2.05) is 0 Å². The summed E-state index contributed by atoms with van der Waals surface area (Å²) in [5, 5.41) is 12.3. The van der Waals surface area contributed by atoms with Crippen molar-refractivity contribution in [1.82, 2.24) is 9.97 Å². The third-order valence-corrected chi connectivity index (χ3v) is 4.10. The van der Waals surface area contributed by atoms with Crippen molar-refractivity contribution in [2.24, 2.45) is 0 Å². The second-order valence-corrected chi connectivity index (χ2v) is 6.48. The molecule has 0 atom stereocenters. The lowest BCUT2D eigenvalue weighted by atomic mass is 10.2. The number of nitrogens with zero attached hydrogens (tertiary/aromatic N) is 2. The van der Waals surface area contributed by atoms with Gasteiger partial charge in [0.1, 0.15) is 17.2 Å². The molecule has 0 saturated carbocycles. The fourth-order valence-corrected chi connectivity index (χ4v) is 2.50. The molecule has 0 aliphatic carbocycles. The first-order valence-electron chi connectivity index (χ1n) is 8.75. The van der Waals surface area contributed by atoms with Crippen molar-refractivity contribution in [3.05, 3.63) is 71.2 Å². The largest absolute Gasteiger partial charge is 0.505 e. The zero-order valence-corrected chi connectivity index (χ0v) is 16.0. The molecule has 0 bridgehead atoms. The number of anilines is 1. The number of hydrogen-bond acceptors (Lipinski definition) is 5. The van der Waals surface area contributed by atoms with Crippen LogP contribution in [0.3, 0.4) is 0 Å². The van der Waals surface area contributed by atoms with Gasteiger partial charge in [-0.3, -0.25) is 4.79 Å². The number of benzene rings is 1. The molecule has 3 rings (SSSR count). The second-order valence-electron chi connectivity index (χ2n) is 6.48. The lowest BCUT2D eigenvalue weighted by Crippen LogP contribution is -2.14. The molecule has 0 aliphatic rings. The monoisotopic (exact) mass is 457 g/mol. The highest BCUT2D eigenvalue weighted by atomic mass is 19.4. The lowest BCUT2D eigenvalue weighted by molar-refractivity contribution is -0.145. The Balaban J connectivity index is 1.80. The molecular weight excluding hydrogens is 444 g/mol. The van der Waals surface area contributed by atoms with Crippen molar-refractivity contribution in [3.8, 4) is 17.4 Å². The number of ether oxygens (including phenoxy) is 1. The first kappa shape index (κ1) is 22.8. The number of nitrogens with one attached hydrogen (secondary N) is 1. The molecule has 0 fully saturated rings. The van der Waals surface area contributed by atoms with Gasteiger partial charge in [0.2, 0.25) is 5.88 Å². The molecule has 2 heterocycles. The van der Waals surface area contributed by atoms with E-state index in [0.717, 1.165) is 0 Å². The van der Waals surface area contributed by atoms with E-state index in [4.69, 9.17) is 4.74 Å². The maximum atomic E-state index is 12.9. The highest BCUT2D eigenvalue weighted by Crippen LogP contribution is 2.37. The van der Waals surface area contributed by atoms with Crippen LogP contribution in [-0.4, -0.2) is 21.0 Å². The molecule has 0 spiro atoms. The summed E-state index contributed by atoms with van der Waals surface area (Å²) >= 11 is 0. The maximum absolute atomic E-state index is 12.9. The van der Waals surface area contributed by atoms with Crippen molar-refractivity contribution in [1.29, 1.82) is 0 Å². The van der Waals surface area contributed by atoms with Crippen LogP contribution in [0.25, 0.3) is 0 Å². The molecule has 0 radical (unpaired) electrons. The van der Waals surface area contributed by atoms with Gasteiger partial charge >= 0.3 is 12.4 Å². The van der Waals surface area contributed by atoms with Gasteiger partial charge in [0, 0.05) is 18.0 Å². The summed E-state index contributed by atoms with van der Waals surface area (Å²) in [5.41, 5.74) is -2.90. The number of carbonyl (C=O) groups is 1. The average Bonchev–Trinajstić information content (AvgIpc) is 2.70. The van der Waals surface area contributed by atoms with Crippen LogP contribution in [0.4, 0.5) is 32.0 Å². The Kier molecular flexibility index (Phi) is 5.97. The summed E-state index contributed by atoms with van der Waals surface area (Å²) in [7, 11) is 0. The minimum absolute atomic E-state index is 0.111. The predicted molar refractivity (Wildman–Crippen MR) is 99.3 cm³/mol. The van der Waals surface area contributed by atoms with Crippen molar-refractivity contribution in [3.63, 3.8) is 0 Å². The summed E-state index contributed by atoms with van der Waals surface area (Å²) in [5.74, 6) is -2.06. The van der Waals surface area contributed by atoms with E-state index in [1.165, 1.54) is 36.5 Å². The number of aromatic hydroxyl groups is 1. The number of aromatic nitrogens is 2. The second kappa shape index (κ2) is 8.36. The average molecular weight is 457 g/mol. The summed E-state index contributed by atoms with van der Waals surface area (Å²) in [4.78, 5) is 19.1. The van der Waals surface area contributed by atoms with Gasteiger partial charge in [0.15, 0.2) is 5.69 Å². The first-order chi connectivity index (χ1) is 14.8. The number of hydrogen-bond donors (Lipinski definition) is 2. The van der Waals surface area contributed by atoms with Crippen molar-refractivity contribution in [2.75, 3.05) is 5.32 Å². The van der Waals surface area contributed by atoms with Crippen molar-refractivity contribution < 1.29 is 41.0 Å². The quantitative estimate of drug-likeness (QED) is 0.501. The lowest BCUT2D eigenvalue weighted by Gasteiger charge is -2.14. The van der Waals surface area contributed by atoms with Crippen LogP contribution >= 0.6 is 0 Å². The highest BCUT2D eigenvalue weighted by molar-refractivity contribution is 6.04. The number of carbonyl (C=O) groups excluding carboxylic acids is 1. The number of aryl methyl sites for hydroxylation is 1.